The van der Waals surface area contributed by atoms with E-state index < -0.39 is 0 Å². The Morgan fingerprint density at radius 1 is 1.28 bits per heavy atom. The highest BCUT2D eigenvalue weighted by molar-refractivity contribution is 5.87. The van der Waals surface area contributed by atoms with E-state index in [-0.39, 0.29) is 12.6 Å². The van der Waals surface area contributed by atoms with Gasteiger partial charge in [0.2, 0.25) is 0 Å². The second kappa shape index (κ2) is 8.31. The fourth-order valence-electron chi connectivity index (χ4n) is 1.36. The summed E-state index contributed by atoms with van der Waals surface area (Å²) in [6.07, 6.45) is 3.05. The van der Waals surface area contributed by atoms with Gasteiger partial charge in [0.25, 0.3) is 0 Å². The predicted octanol–water partition coefficient (Wildman–Crippen LogP) is 2.29. The van der Waals surface area contributed by atoms with Crippen LogP contribution in [0, 0.1) is 0 Å². The molecular formula is C14H18O4. The summed E-state index contributed by atoms with van der Waals surface area (Å²) in [6, 6.07) is 7.45. The molecule has 0 heterocycles. The molecule has 0 unspecified atom stereocenters. The average molecular weight is 250 g/mol. The van der Waals surface area contributed by atoms with Gasteiger partial charge in [0, 0.05) is 18.2 Å². The van der Waals surface area contributed by atoms with Crippen molar-refractivity contribution in [3.63, 3.8) is 0 Å². The predicted molar refractivity (Wildman–Crippen MR) is 69.5 cm³/mol. The second-order valence-electron chi connectivity index (χ2n) is 3.44. The number of carbonyl (C=O) groups is 1. The molecule has 0 aromatic heterocycles. The third-order valence-corrected chi connectivity index (χ3v) is 2.21. The van der Waals surface area contributed by atoms with E-state index in [2.05, 4.69) is 0 Å². The Morgan fingerprint density at radius 3 is 2.78 bits per heavy atom. The van der Waals surface area contributed by atoms with Gasteiger partial charge >= 0.3 is 5.97 Å². The molecule has 1 aromatic carbocycles. The van der Waals surface area contributed by atoms with E-state index in [9.17, 15) is 4.79 Å². The van der Waals surface area contributed by atoms with Gasteiger partial charge in [0.1, 0.15) is 12.4 Å². The van der Waals surface area contributed by atoms with Crippen LogP contribution in [-0.2, 0) is 14.3 Å². The number of benzene rings is 1. The summed E-state index contributed by atoms with van der Waals surface area (Å²) in [6.45, 7) is 3.20. The highest BCUT2D eigenvalue weighted by atomic mass is 16.6. The molecule has 0 atom stereocenters. The fraction of sp³-hybridized carbons (Fsp3) is 0.357. The number of hydrogen-bond acceptors (Lipinski definition) is 4. The first-order valence-corrected chi connectivity index (χ1v) is 5.83. The number of hydrogen-bond donors (Lipinski definition) is 0. The molecule has 0 saturated heterocycles. The van der Waals surface area contributed by atoms with Crippen LogP contribution >= 0.6 is 0 Å². The summed E-state index contributed by atoms with van der Waals surface area (Å²) in [7, 11) is 1.59. The smallest absolute Gasteiger partial charge is 0.330 e. The number of rotatable bonds is 7. The van der Waals surface area contributed by atoms with E-state index >= 15 is 0 Å². The van der Waals surface area contributed by atoms with Crippen molar-refractivity contribution < 1.29 is 19.0 Å². The van der Waals surface area contributed by atoms with E-state index in [1.165, 1.54) is 6.08 Å². The number of methoxy groups -OCH3 is 1. The van der Waals surface area contributed by atoms with E-state index in [1.807, 2.05) is 31.2 Å². The number of ether oxygens (including phenoxy) is 3. The summed E-state index contributed by atoms with van der Waals surface area (Å²) in [5.41, 5.74) is 0.835. The molecule has 98 valence electrons. The molecule has 0 aliphatic rings. The number of esters is 1. The lowest BCUT2D eigenvalue weighted by molar-refractivity contribution is -0.139. The van der Waals surface area contributed by atoms with Crippen molar-refractivity contribution in [1.29, 1.82) is 0 Å². The normalized spacial score (nSPS) is 10.6. The van der Waals surface area contributed by atoms with Gasteiger partial charge in [-0.1, -0.05) is 18.2 Å². The Balaban J connectivity index is 2.45. The third kappa shape index (κ3) is 5.01. The molecule has 0 aliphatic heterocycles. The summed E-state index contributed by atoms with van der Waals surface area (Å²) in [5.74, 6) is 0.330. The van der Waals surface area contributed by atoms with Gasteiger partial charge in [0.15, 0.2) is 0 Å². The van der Waals surface area contributed by atoms with Gasteiger partial charge in [-0.15, -0.1) is 0 Å². The van der Waals surface area contributed by atoms with Crippen molar-refractivity contribution in [2.75, 3.05) is 26.9 Å². The lowest BCUT2D eigenvalue weighted by Gasteiger charge is -2.04. The van der Waals surface area contributed by atoms with Crippen molar-refractivity contribution in [3.8, 4) is 5.75 Å². The first kappa shape index (κ1) is 14.3. The monoisotopic (exact) mass is 250 g/mol. The highest BCUT2D eigenvalue weighted by Gasteiger charge is 2.00. The highest BCUT2D eigenvalue weighted by Crippen LogP contribution is 2.18. The largest absolute Gasteiger partial charge is 0.496 e. The maximum Gasteiger partial charge on any atom is 0.330 e. The minimum atomic E-state index is -0.388. The molecule has 0 bridgehead atoms. The number of para-hydroxylation sites is 1. The van der Waals surface area contributed by atoms with Crippen LogP contribution in [0.5, 0.6) is 5.75 Å². The SMILES string of the molecule is CCOCCOC(=O)C=Cc1ccccc1OC. The molecule has 18 heavy (non-hydrogen) atoms. The Bertz CT molecular complexity index is 399. The van der Waals surface area contributed by atoms with E-state index in [0.29, 0.717) is 13.2 Å². The van der Waals surface area contributed by atoms with Crippen LogP contribution in [-0.4, -0.2) is 32.9 Å². The topological polar surface area (TPSA) is 44.8 Å². The Labute approximate surface area is 107 Å². The zero-order valence-electron chi connectivity index (χ0n) is 10.7. The van der Waals surface area contributed by atoms with Crippen molar-refractivity contribution in [3.05, 3.63) is 35.9 Å². The summed E-state index contributed by atoms with van der Waals surface area (Å²) < 4.78 is 15.2. The van der Waals surface area contributed by atoms with Crippen LogP contribution in [0.15, 0.2) is 30.3 Å². The van der Waals surface area contributed by atoms with Crippen LogP contribution in [0.1, 0.15) is 12.5 Å². The molecule has 0 spiro atoms. The molecule has 0 saturated carbocycles. The third-order valence-electron chi connectivity index (χ3n) is 2.21. The minimum absolute atomic E-state index is 0.267. The van der Waals surface area contributed by atoms with Gasteiger partial charge in [-0.3, -0.25) is 0 Å². The maximum atomic E-state index is 11.4. The zero-order valence-corrected chi connectivity index (χ0v) is 10.7. The van der Waals surface area contributed by atoms with Gasteiger partial charge < -0.3 is 14.2 Å². The maximum absolute atomic E-state index is 11.4. The fourth-order valence-corrected chi connectivity index (χ4v) is 1.36. The molecule has 1 rings (SSSR count). The molecule has 0 radical (unpaired) electrons. The van der Waals surface area contributed by atoms with E-state index in [0.717, 1.165) is 11.3 Å². The second-order valence-corrected chi connectivity index (χ2v) is 3.44. The van der Waals surface area contributed by atoms with Crippen molar-refractivity contribution in [1.82, 2.24) is 0 Å². The molecular weight excluding hydrogens is 232 g/mol. The summed E-state index contributed by atoms with van der Waals surface area (Å²) in [4.78, 5) is 11.4. The molecule has 0 fully saturated rings. The molecule has 4 nitrogen and oxygen atoms in total. The number of carbonyl (C=O) groups excluding carboxylic acids is 1. The first-order chi connectivity index (χ1) is 8.77. The van der Waals surface area contributed by atoms with Crippen molar-refractivity contribution >= 4 is 12.0 Å². The van der Waals surface area contributed by atoms with Crippen LogP contribution in [0.3, 0.4) is 0 Å². The Kier molecular flexibility index (Phi) is 6.58. The minimum Gasteiger partial charge on any atom is -0.496 e. The van der Waals surface area contributed by atoms with Crippen LogP contribution in [0.2, 0.25) is 0 Å². The van der Waals surface area contributed by atoms with Crippen LogP contribution in [0.25, 0.3) is 6.08 Å². The average Bonchev–Trinajstić information content (AvgIpc) is 2.41. The lowest BCUT2D eigenvalue weighted by atomic mass is 10.2. The van der Waals surface area contributed by atoms with E-state index in [4.69, 9.17) is 14.2 Å². The summed E-state index contributed by atoms with van der Waals surface area (Å²) in [5, 5.41) is 0. The van der Waals surface area contributed by atoms with E-state index in [1.54, 1.807) is 13.2 Å². The lowest BCUT2D eigenvalue weighted by Crippen LogP contribution is -2.08. The first-order valence-electron chi connectivity index (χ1n) is 5.83. The molecule has 0 N–H and O–H groups in total. The zero-order chi connectivity index (χ0) is 13.2. The standard InChI is InChI=1S/C14H18O4/c1-3-17-10-11-18-14(15)9-8-12-6-4-5-7-13(12)16-2/h4-9H,3,10-11H2,1-2H3. The van der Waals surface area contributed by atoms with Gasteiger partial charge in [-0.2, -0.15) is 0 Å². The van der Waals surface area contributed by atoms with Crippen LogP contribution < -0.4 is 4.74 Å². The molecule has 0 amide bonds. The Morgan fingerprint density at radius 2 is 2.06 bits per heavy atom. The van der Waals surface area contributed by atoms with Gasteiger partial charge in [-0.25, -0.2) is 4.79 Å². The quantitative estimate of drug-likeness (QED) is 0.423. The van der Waals surface area contributed by atoms with Crippen molar-refractivity contribution in [2.24, 2.45) is 0 Å². The molecule has 1 aromatic rings. The van der Waals surface area contributed by atoms with Crippen molar-refractivity contribution in [2.45, 2.75) is 6.92 Å². The Hall–Kier alpha value is -1.81. The molecule has 4 heteroatoms. The summed E-state index contributed by atoms with van der Waals surface area (Å²) >= 11 is 0. The van der Waals surface area contributed by atoms with Gasteiger partial charge in [-0.05, 0) is 19.1 Å². The van der Waals surface area contributed by atoms with Crippen LogP contribution in [0.4, 0.5) is 0 Å². The van der Waals surface area contributed by atoms with Gasteiger partial charge in [0.05, 0.1) is 13.7 Å². The molecule has 0 aliphatic carbocycles.